The van der Waals surface area contributed by atoms with Gasteiger partial charge in [0.05, 0.1) is 11.3 Å². The molecule has 2 aromatic rings. The number of aryl methyl sites for hydroxylation is 1. The lowest BCUT2D eigenvalue weighted by atomic mass is 10.1. The van der Waals surface area contributed by atoms with Crippen molar-refractivity contribution in [3.8, 4) is 0 Å². The molecule has 0 fully saturated rings. The maximum atomic E-state index is 13.6. The van der Waals surface area contributed by atoms with Gasteiger partial charge in [-0.2, -0.15) is 0 Å². The predicted molar refractivity (Wildman–Crippen MR) is 71.9 cm³/mol. The van der Waals surface area contributed by atoms with Gasteiger partial charge in [0.2, 0.25) is 0 Å². The maximum Gasteiger partial charge on any atom is 0.335 e. The first-order valence-corrected chi connectivity index (χ1v) is 5.88. The number of hydrogen-bond donors (Lipinski definition) is 2. The van der Waals surface area contributed by atoms with Crippen LogP contribution in [0.5, 0.6) is 0 Å². The molecular formula is C15H14FNO2. The normalized spacial score (nSPS) is 10.2. The van der Waals surface area contributed by atoms with Crippen molar-refractivity contribution in [1.82, 2.24) is 0 Å². The van der Waals surface area contributed by atoms with Gasteiger partial charge in [0, 0.05) is 6.54 Å². The Morgan fingerprint density at radius 1 is 1.26 bits per heavy atom. The number of halogens is 1. The standard InChI is InChI=1S/C15H14FNO2/c1-10-5-6-14(13(16)7-10)17-9-11-3-2-4-12(8-11)15(18)19/h2-8,17H,9H2,1H3,(H,18,19). The average Bonchev–Trinajstić information content (AvgIpc) is 2.38. The average molecular weight is 259 g/mol. The first-order chi connectivity index (χ1) is 9.06. The number of carboxylic acids is 1. The van der Waals surface area contributed by atoms with E-state index in [4.69, 9.17) is 5.11 Å². The van der Waals surface area contributed by atoms with Crippen molar-refractivity contribution in [2.75, 3.05) is 5.32 Å². The van der Waals surface area contributed by atoms with Crippen molar-refractivity contribution in [1.29, 1.82) is 0 Å². The van der Waals surface area contributed by atoms with E-state index in [-0.39, 0.29) is 11.4 Å². The molecule has 98 valence electrons. The summed E-state index contributed by atoms with van der Waals surface area (Å²) in [5, 5.41) is 11.8. The van der Waals surface area contributed by atoms with Crippen molar-refractivity contribution in [3.05, 3.63) is 65.0 Å². The van der Waals surface area contributed by atoms with Gasteiger partial charge < -0.3 is 10.4 Å². The summed E-state index contributed by atoms with van der Waals surface area (Å²) in [5.41, 5.74) is 2.28. The number of aromatic carboxylic acids is 1. The third-order valence-corrected chi connectivity index (χ3v) is 2.78. The Labute approximate surface area is 110 Å². The summed E-state index contributed by atoms with van der Waals surface area (Å²) < 4.78 is 13.6. The lowest BCUT2D eigenvalue weighted by Gasteiger charge is -2.08. The molecule has 0 saturated carbocycles. The molecule has 0 spiro atoms. The molecule has 0 saturated heterocycles. The first-order valence-electron chi connectivity index (χ1n) is 5.88. The van der Waals surface area contributed by atoms with Crippen LogP contribution in [0.15, 0.2) is 42.5 Å². The summed E-state index contributed by atoms with van der Waals surface area (Å²) in [7, 11) is 0. The van der Waals surface area contributed by atoms with Crippen LogP contribution in [0, 0.1) is 12.7 Å². The third kappa shape index (κ3) is 3.31. The molecule has 2 aromatic carbocycles. The molecule has 0 aliphatic heterocycles. The molecule has 0 aliphatic rings. The lowest BCUT2D eigenvalue weighted by molar-refractivity contribution is 0.0697. The summed E-state index contributed by atoms with van der Waals surface area (Å²) in [5.74, 6) is -1.28. The quantitative estimate of drug-likeness (QED) is 0.884. The Morgan fingerprint density at radius 2 is 2.05 bits per heavy atom. The molecule has 0 aromatic heterocycles. The van der Waals surface area contributed by atoms with Crippen molar-refractivity contribution >= 4 is 11.7 Å². The van der Waals surface area contributed by atoms with Crippen LogP contribution in [-0.2, 0) is 6.54 Å². The summed E-state index contributed by atoms with van der Waals surface area (Å²) in [6, 6.07) is 11.5. The highest BCUT2D eigenvalue weighted by Gasteiger charge is 2.05. The molecule has 3 nitrogen and oxygen atoms in total. The summed E-state index contributed by atoms with van der Waals surface area (Å²) in [6.45, 7) is 2.20. The minimum atomic E-state index is -0.969. The van der Waals surface area contributed by atoms with E-state index in [0.29, 0.717) is 12.2 Å². The summed E-state index contributed by atoms with van der Waals surface area (Å²) in [6.07, 6.45) is 0. The van der Waals surface area contributed by atoms with Crippen LogP contribution in [0.2, 0.25) is 0 Å². The molecule has 0 aliphatic carbocycles. The fourth-order valence-electron chi connectivity index (χ4n) is 1.78. The highest BCUT2D eigenvalue weighted by molar-refractivity contribution is 5.87. The molecule has 4 heteroatoms. The number of carboxylic acid groups (broad SMARTS) is 1. The van der Waals surface area contributed by atoms with Gasteiger partial charge in [0.25, 0.3) is 0 Å². The molecule has 0 radical (unpaired) electrons. The fraction of sp³-hybridized carbons (Fsp3) is 0.133. The molecule has 0 bridgehead atoms. The van der Waals surface area contributed by atoms with Crippen molar-refractivity contribution in [2.24, 2.45) is 0 Å². The van der Waals surface area contributed by atoms with Crippen molar-refractivity contribution in [2.45, 2.75) is 13.5 Å². The Balaban J connectivity index is 2.10. The third-order valence-electron chi connectivity index (χ3n) is 2.78. The number of nitrogens with one attached hydrogen (secondary N) is 1. The Bertz CT molecular complexity index is 611. The van der Waals surface area contributed by atoms with Gasteiger partial charge in [-0.15, -0.1) is 0 Å². The SMILES string of the molecule is Cc1ccc(NCc2cccc(C(=O)O)c2)c(F)c1. The van der Waals surface area contributed by atoms with Crippen LogP contribution < -0.4 is 5.32 Å². The zero-order chi connectivity index (χ0) is 13.8. The monoisotopic (exact) mass is 259 g/mol. The van der Waals surface area contributed by atoms with Crippen LogP contribution in [-0.4, -0.2) is 11.1 Å². The number of hydrogen-bond acceptors (Lipinski definition) is 2. The van der Waals surface area contributed by atoms with Crippen molar-refractivity contribution in [3.63, 3.8) is 0 Å². The van der Waals surface area contributed by atoms with E-state index in [1.165, 1.54) is 12.1 Å². The smallest absolute Gasteiger partial charge is 0.335 e. The molecule has 2 rings (SSSR count). The van der Waals surface area contributed by atoms with Crippen LogP contribution in [0.1, 0.15) is 21.5 Å². The maximum absolute atomic E-state index is 13.6. The van der Waals surface area contributed by atoms with Gasteiger partial charge in [-0.3, -0.25) is 0 Å². The largest absolute Gasteiger partial charge is 0.478 e. The fourth-order valence-corrected chi connectivity index (χ4v) is 1.78. The topological polar surface area (TPSA) is 49.3 Å². The van der Waals surface area contributed by atoms with E-state index in [1.54, 1.807) is 24.3 Å². The minimum Gasteiger partial charge on any atom is -0.478 e. The predicted octanol–water partition coefficient (Wildman–Crippen LogP) is 3.44. The zero-order valence-corrected chi connectivity index (χ0v) is 10.5. The van der Waals surface area contributed by atoms with Gasteiger partial charge in [-0.1, -0.05) is 18.2 Å². The van der Waals surface area contributed by atoms with Gasteiger partial charge in [0.15, 0.2) is 0 Å². The van der Waals surface area contributed by atoms with Gasteiger partial charge in [-0.05, 0) is 42.3 Å². The zero-order valence-electron chi connectivity index (χ0n) is 10.5. The van der Waals surface area contributed by atoms with Crippen LogP contribution in [0.4, 0.5) is 10.1 Å². The first kappa shape index (κ1) is 13.1. The Hall–Kier alpha value is -2.36. The Morgan fingerprint density at radius 3 is 2.74 bits per heavy atom. The van der Waals surface area contributed by atoms with Crippen molar-refractivity contribution < 1.29 is 14.3 Å². The second kappa shape index (κ2) is 5.52. The lowest BCUT2D eigenvalue weighted by Crippen LogP contribution is -2.03. The summed E-state index contributed by atoms with van der Waals surface area (Å²) >= 11 is 0. The van der Waals surface area contributed by atoms with Gasteiger partial charge in [0.1, 0.15) is 5.82 Å². The molecule has 0 amide bonds. The molecule has 2 N–H and O–H groups in total. The van der Waals surface area contributed by atoms with E-state index in [2.05, 4.69) is 5.32 Å². The van der Waals surface area contributed by atoms with Gasteiger partial charge >= 0.3 is 5.97 Å². The summed E-state index contributed by atoms with van der Waals surface area (Å²) in [4.78, 5) is 10.8. The second-order valence-electron chi connectivity index (χ2n) is 4.34. The molecule has 19 heavy (non-hydrogen) atoms. The van der Waals surface area contributed by atoms with E-state index in [1.807, 2.05) is 13.0 Å². The van der Waals surface area contributed by atoms with E-state index in [0.717, 1.165) is 11.1 Å². The second-order valence-corrected chi connectivity index (χ2v) is 4.34. The molecular weight excluding hydrogens is 245 g/mol. The van der Waals surface area contributed by atoms with E-state index < -0.39 is 5.97 Å². The van der Waals surface area contributed by atoms with Crippen LogP contribution >= 0.6 is 0 Å². The minimum absolute atomic E-state index is 0.226. The number of benzene rings is 2. The number of anilines is 1. The molecule has 0 unspecified atom stereocenters. The Kier molecular flexibility index (Phi) is 3.80. The highest BCUT2D eigenvalue weighted by Crippen LogP contribution is 2.16. The number of rotatable bonds is 4. The van der Waals surface area contributed by atoms with Crippen LogP contribution in [0.25, 0.3) is 0 Å². The van der Waals surface area contributed by atoms with E-state index >= 15 is 0 Å². The number of carbonyl (C=O) groups is 1. The molecule has 0 atom stereocenters. The molecule has 0 heterocycles. The van der Waals surface area contributed by atoms with Crippen LogP contribution in [0.3, 0.4) is 0 Å². The highest BCUT2D eigenvalue weighted by atomic mass is 19.1. The van der Waals surface area contributed by atoms with E-state index in [9.17, 15) is 9.18 Å². The van der Waals surface area contributed by atoms with Gasteiger partial charge in [-0.25, -0.2) is 9.18 Å².